The average Bonchev–Trinajstić information content (AvgIpc) is 2.53. The highest BCUT2D eigenvalue weighted by atomic mass is 32.2. The molecule has 0 aromatic heterocycles. The van der Waals surface area contributed by atoms with Crippen LogP contribution >= 0.6 is 11.8 Å². The Morgan fingerprint density at radius 2 is 2.00 bits per heavy atom. The van der Waals surface area contributed by atoms with E-state index in [9.17, 15) is 14.4 Å². The van der Waals surface area contributed by atoms with E-state index in [0.717, 1.165) is 10.6 Å². The Morgan fingerprint density at radius 3 is 2.71 bits per heavy atom. The molecule has 0 spiro atoms. The standard InChI is InChI=1S/C17H22N2O4S/c1-10(2)9-18-16(21)11(3)23-15(20)8-14-17(22)19-12-6-4-5-7-13(12)24-14/h4-7,10-11,14H,8-9H2,1-3H3,(H,18,21)(H,19,22)/t11-,14+/m0/s1. The molecule has 0 bridgehead atoms. The number of anilines is 1. The van der Waals surface area contributed by atoms with Crippen LogP contribution in [-0.4, -0.2) is 35.7 Å². The maximum absolute atomic E-state index is 12.1. The molecule has 1 heterocycles. The first kappa shape index (κ1) is 18.3. The van der Waals surface area contributed by atoms with Crippen molar-refractivity contribution in [2.75, 3.05) is 11.9 Å². The summed E-state index contributed by atoms with van der Waals surface area (Å²) in [4.78, 5) is 36.8. The van der Waals surface area contributed by atoms with E-state index in [1.165, 1.54) is 18.7 Å². The van der Waals surface area contributed by atoms with Crippen LogP contribution in [0.5, 0.6) is 0 Å². The summed E-state index contributed by atoms with van der Waals surface area (Å²) in [6.07, 6.45) is -0.952. The number of nitrogens with one attached hydrogen (secondary N) is 2. The summed E-state index contributed by atoms with van der Waals surface area (Å²) >= 11 is 1.33. The molecule has 1 aliphatic rings. The molecule has 24 heavy (non-hydrogen) atoms. The van der Waals surface area contributed by atoms with Crippen molar-refractivity contribution >= 4 is 35.2 Å². The Morgan fingerprint density at radius 1 is 1.29 bits per heavy atom. The monoisotopic (exact) mass is 350 g/mol. The fourth-order valence-electron chi connectivity index (χ4n) is 2.13. The predicted octanol–water partition coefficient (Wildman–Crippen LogP) is 2.19. The minimum atomic E-state index is -0.875. The molecule has 0 radical (unpaired) electrons. The summed E-state index contributed by atoms with van der Waals surface area (Å²) < 4.78 is 5.14. The SMILES string of the molecule is CC(C)CNC(=O)[C@H](C)OC(=O)C[C@H]1Sc2ccccc2NC1=O. The lowest BCUT2D eigenvalue weighted by molar-refractivity contribution is -0.155. The number of thioether (sulfide) groups is 1. The Hall–Kier alpha value is -2.02. The molecule has 1 aromatic carbocycles. The molecular formula is C17H22N2O4S. The van der Waals surface area contributed by atoms with Gasteiger partial charge >= 0.3 is 5.97 Å². The molecule has 2 N–H and O–H groups in total. The van der Waals surface area contributed by atoms with Gasteiger partial charge in [0.1, 0.15) is 0 Å². The van der Waals surface area contributed by atoms with Crippen molar-refractivity contribution in [1.82, 2.24) is 5.32 Å². The van der Waals surface area contributed by atoms with Gasteiger partial charge in [-0.05, 0) is 25.0 Å². The van der Waals surface area contributed by atoms with E-state index >= 15 is 0 Å². The van der Waals surface area contributed by atoms with Crippen molar-refractivity contribution < 1.29 is 19.1 Å². The zero-order valence-electron chi connectivity index (χ0n) is 14.0. The van der Waals surface area contributed by atoms with Crippen LogP contribution in [0, 0.1) is 5.92 Å². The van der Waals surface area contributed by atoms with Crippen molar-refractivity contribution in [3.8, 4) is 0 Å². The largest absolute Gasteiger partial charge is 0.453 e. The maximum atomic E-state index is 12.1. The van der Waals surface area contributed by atoms with E-state index in [2.05, 4.69) is 10.6 Å². The number of ether oxygens (including phenoxy) is 1. The van der Waals surface area contributed by atoms with Crippen molar-refractivity contribution in [3.63, 3.8) is 0 Å². The highest BCUT2D eigenvalue weighted by Gasteiger charge is 2.30. The zero-order valence-corrected chi connectivity index (χ0v) is 14.8. The van der Waals surface area contributed by atoms with Gasteiger partial charge < -0.3 is 15.4 Å². The third-order valence-electron chi connectivity index (χ3n) is 3.42. The summed E-state index contributed by atoms with van der Waals surface area (Å²) in [6, 6.07) is 7.42. The van der Waals surface area contributed by atoms with E-state index in [4.69, 9.17) is 4.74 Å². The normalized spacial score (nSPS) is 17.7. The molecule has 0 saturated carbocycles. The van der Waals surface area contributed by atoms with E-state index in [1.54, 1.807) is 0 Å². The van der Waals surface area contributed by atoms with Crippen LogP contribution in [0.1, 0.15) is 27.2 Å². The highest BCUT2D eigenvalue weighted by Crippen LogP contribution is 2.36. The van der Waals surface area contributed by atoms with Gasteiger partial charge in [-0.1, -0.05) is 26.0 Å². The van der Waals surface area contributed by atoms with Gasteiger partial charge in [0.25, 0.3) is 5.91 Å². The summed E-state index contributed by atoms with van der Waals surface area (Å²) in [5.74, 6) is -0.802. The number of esters is 1. The third-order valence-corrected chi connectivity index (χ3v) is 4.70. The molecular weight excluding hydrogens is 328 g/mol. The van der Waals surface area contributed by atoms with Crippen LogP contribution in [-0.2, 0) is 19.1 Å². The molecule has 2 atom stereocenters. The summed E-state index contributed by atoms with van der Waals surface area (Å²) in [5, 5.41) is 4.93. The second-order valence-electron chi connectivity index (χ2n) is 6.07. The average molecular weight is 350 g/mol. The molecule has 0 saturated heterocycles. The number of benzene rings is 1. The topological polar surface area (TPSA) is 84.5 Å². The molecule has 0 aliphatic carbocycles. The van der Waals surface area contributed by atoms with Gasteiger partial charge in [0, 0.05) is 11.4 Å². The second kappa shape index (κ2) is 8.19. The smallest absolute Gasteiger partial charge is 0.308 e. The number of hydrogen-bond acceptors (Lipinski definition) is 5. The van der Waals surface area contributed by atoms with E-state index in [1.807, 2.05) is 38.1 Å². The fraction of sp³-hybridized carbons (Fsp3) is 0.471. The molecule has 2 rings (SSSR count). The number of carbonyl (C=O) groups excluding carboxylic acids is 3. The molecule has 0 fully saturated rings. The van der Waals surface area contributed by atoms with Crippen LogP contribution in [0.2, 0.25) is 0 Å². The highest BCUT2D eigenvalue weighted by molar-refractivity contribution is 8.01. The fourth-order valence-corrected chi connectivity index (χ4v) is 3.22. The summed E-state index contributed by atoms with van der Waals surface area (Å²) in [5.41, 5.74) is 0.749. The molecule has 7 heteroatoms. The summed E-state index contributed by atoms with van der Waals surface area (Å²) in [6.45, 7) is 6.01. The van der Waals surface area contributed by atoms with E-state index in [0.29, 0.717) is 12.5 Å². The van der Waals surface area contributed by atoms with Crippen molar-refractivity contribution in [3.05, 3.63) is 24.3 Å². The van der Waals surface area contributed by atoms with Crippen LogP contribution in [0.3, 0.4) is 0 Å². The number of fused-ring (bicyclic) bond motifs is 1. The lowest BCUT2D eigenvalue weighted by atomic mass is 10.2. The number of carbonyl (C=O) groups is 3. The van der Waals surface area contributed by atoms with Gasteiger partial charge in [0.2, 0.25) is 5.91 Å². The lowest BCUT2D eigenvalue weighted by Crippen LogP contribution is -2.38. The van der Waals surface area contributed by atoms with Crippen LogP contribution in [0.4, 0.5) is 5.69 Å². The molecule has 0 unspecified atom stereocenters. The Bertz CT molecular complexity index is 633. The minimum Gasteiger partial charge on any atom is -0.453 e. The van der Waals surface area contributed by atoms with Gasteiger partial charge in [0.15, 0.2) is 6.10 Å². The Kier molecular flexibility index (Phi) is 6.25. The minimum absolute atomic E-state index is 0.0768. The first-order chi connectivity index (χ1) is 11.4. The molecule has 1 aromatic rings. The van der Waals surface area contributed by atoms with Crippen LogP contribution in [0.25, 0.3) is 0 Å². The van der Waals surface area contributed by atoms with Gasteiger partial charge in [-0.2, -0.15) is 0 Å². The first-order valence-corrected chi connectivity index (χ1v) is 8.78. The van der Waals surface area contributed by atoms with Crippen LogP contribution < -0.4 is 10.6 Å². The van der Waals surface area contributed by atoms with E-state index < -0.39 is 17.3 Å². The molecule has 6 nitrogen and oxygen atoms in total. The number of rotatable bonds is 6. The number of hydrogen-bond donors (Lipinski definition) is 2. The van der Waals surface area contributed by atoms with Crippen molar-refractivity contribution in [2.24, 2.45) is 5.92 Å². The second-order valence-corrected chi connectivity index (χ2v) is 7.31. The van der Waals surface area contributed by atoms with Gasteiger partial charge in [-0.15, -0.1) is 11.8 Å². The van der Waals surface area contributed by atoms with E-state index in [-0.39, 0.29) is 18.2 Å². The van der Waals surface area contributed by atoms with Gasteiger partial charge in [-0.25, -0.2) is 0 Å². The van der Waals surface area contributed by atoms with Crippen molar-refractivity contribution in [2.45, 2.75) is 43.4 Å². The zero-order chi connectivity index (χ0) is 17.7. The lowest BCUT2D eigenvalue weighted by Gasteiger charge is -2.23. The molecule has 1 aliphatic heterocycles. The van der Waals surface area contributed by atoms with Gasteiger partial charge in [0.05, 0.1) is 17.4 Å². The molecule has 2 amide bonds. The summed E-state index contributed by atoms with van der Waals surface area (Å²) in [7, 11) is 0. The van der Waals surface area contributed by atoms with Crippen LogP contribution in [0.15, 0.2) is 29.2 Å². The number of para-hydroxylation sites is 1. The Balaban J connectivity index is 1.86. The molecule has 130 valence electrons. The maximum Gasteiger partial charge on any atom is 0.308 e. The Labute approximate surface area is 145 Å². The predicted molar refractivity (Wildman–Crippen MR) is 92.7 cm³/mol. The number of amides is 2. The quantitative estimate of drug-likeness (QED) is 0.768. The van der Waals surface area contributed by atoms with Crippen molar-refractivity contribution in [1.29, 1.82) is 0 Å². The first-order valence-electron chi connectivity index (χ1n) is 7.90. The van der Waals surface area contributed by atoms with Gasteiger partial charge in [-0.3, -0.25) is 14.4 Å². The third kappa shape index (κ3) is 4.99.